The zero-order valence-electron chi connectivity index (χ0n) is 16.5. The van der Waals surface area contributed by atoms with Gasteiger partial charge in [-0.15, -0.1) is 0 Å². The maximum Gasteiger partial charge on any atom is 0.416 e. The van der Waals surface area contributed by atoms with E-state index >= 15 is 0 Å². The highest BCUT2D eigenvalue weighted by molar-refractivity contribution is 5.66. The highest BCUT2D eigenvalue weighted by Gasteiger charge is 2.30. The summed E-state index contributed by atoms with van der Waals surface area (Å²) >= 11 is 0. The smallest absolute Gasteiger partial charge is 0.416 e. The van der Waals surface area contributed by atoms with Crippen molar-refractivity contribution in [3.05, 3.63) is 96.3 Å². The van der Waals surface area contributed by atoms with E-state index in [9.17, 15) is 13.2 Å². The Morgan fingerprint density at radius 3 is 2.19 bits per heavy atom. The van der Waals surface area contributed by atoms with Crippen molar-refractivity contribution in [3.63, 3.8) is 0 Å². The van der Waals surface area contributed by atoms with Crippen LogP contribution in [0, 0.1) is 6.92 Å². The first-order valence-electron chi connectivity index (χ1n) is 9.50. The molecule has 3 aromatic carbocycles. The average Bonchev–Trinajstić information content (AvgIpc) is 2.75. The van der Waals surface area contributed by atoms with Crippen molar-refractivity contribution in [2.45, 2.75) is 13.1 Å². The molecule has 1 aromatic heterocycles. The maximum absolute atomic E-state index is 13.0. The van der Waals surface area contributed by atoms with Gasteiger partial charge in [0.25, 0.3) is 0 Å². The number of nitrogens with one attached hydrogen (secondary N) is 1. The quantitative estimate of drug-likeness (QED) is 0.377. The molecule has 0 aliphatic carbocycles. The van der Waals surface area contributed by atoms with Crippen LogP contribution in [0.3, 0.4) is 0 Å². The van der Waals surface area contributed by atoms with E-state index in [1.165, 1.54) is 6.07 Å². The number of hydrogen-bond acceptors (Lipinski definition) is 4. The fraction of sp³-hybridized carbons (Fsp3) is 0.0833. The molecule has 0 aliphatic heterocycles. The van der Waals surface area contributed by atoms with Gasteiger partial charge in [0.2, 0.25) is 0 Å². The largest absolute Gasteiger partial charge is 0.457 e. The predicted octanol–water partition coefficient (Wildman–Crippen LogP) is 7.01. The molecule has 4 aromatic rings. The third-order valence-electron chi connectivity index (χ3n) is 4.43. The van der Waals surface area contributed by atoms with Crippen LogP contribution < -0.4 is 10.1 Å². The van der Waals surface area contributed by atoms with E-state index in [1.807, 2.05) is 54.6 Å². The van der Waals surface area contributed by atoms with Gasteiger partial charge in [0, 0.05) is 17.3 Å². The molecule has 0 unspecified atom stereocenters. The van der Waals surface area contributed by atoms with Crippen LogP contribution in [0.25, 0.3) is 11.3 Å². The number of aryl methyl sites for hydroxylation is 1. The second kappa shape index (κ2) is 8.47. The van der Waals surface area contributed by atoms with Gasteiger partial charge >= 0.3 is 6.18 Å². The van der Waals surface area contributed by atoms with E-state index in [0.29, 0.717) is 28.6 Å². The minimum absolute atomic E-state index is 0.370. The lowest BCUT2D eigenvalue weighted by atomic mass is 10.1. The summed E-state index contributed by atoms with van der Waals surface area (Å²) in [4.78, 5) is 8.63. The Morgan fingerprint density at radius 2 is 1.48 bits per heavy atom. The highest BCUT2D eigenvalue weighted by atomic mass is 19.4. The van der Waals surface area contributed by atoms with Crippen molar-refractivity contribution in [2.24, 2.45) is 0 Å². The number of anilines is 2. The van der Waals surface area contributed by atoms with E-state index in [0.717, 1.165) is 23.6 Å². The molecular weight excluding hydrogens is 403 g/mol. The van der Waals surface area contributed by atoms with Crippen molar-refractivity contribution in [1.82, 2.24) is 9.97 Å². The second-order valence-corrected chi connectivity index (χ2v) is 6.83. The molecule has 7 heteroatoms. The van der Waals surface area contributed by atoms with Crippen molar-refractivity contribution >= 4 is 11.5 Å². The molecule has 4 rings (SSSR count). The molecule has 0 spiro atoms. The first kappa shape index (κ1) is 20.4. The monoisotopic (exact) mass is 421 g/mol. The minimum Gasteiger partial charge on any atom is -0.457 e. The van der Waals surface area contributed by atoms with Crippen LogP contribution in [-0.4, -0.2) is 9.97 Å². The van der Waals surface area contributed by atoms with Gasteiger partial charge in [-0.05, 0) is 55.5 Å². The SMILES string of the molecule is Cc1nc(Nc2ccc(Oc3ccccc3)cc2)cc(-c2cccc(C(F)(F)F)c2)n1. The summed E-state index contributed by atoms with van der Waals surface area (Å²) in [6.45, 7) is 1.69. The topological polar surface area (TPSA) is 47.0 Å². The zero-order chi connectivity index (χ0) is 21.8. The summed E-state index contributed by atoms with van der Waals surface area (Å²) in [6.07, 6.45) is -4.41. The van der Waals surface area contributed by atoms with Gasteiger partial charge < -0.3 is 10.1 Å². The molecule has 156 valence electrons. The van der Waals surface area contributed by atoms with E-state index in [4.69, 9.17) is 4.74 Å². The van der Waals surface area contributed by atoms with E-state index in [1.54, 1.807) is 19.1 Å². The molecule has 0 bridgehead atoms. The lowest BCUT2D eigenvalue weighted by molar-refractivity contribution is -0.137. The van der Waals surface area contributed by atoms with Gasteiger partial charge in [0.15, 0.2) is 0 Å². The van der Waals surface area contributed by atoms with Crippen molar-refractivity contribution in [1.29, 1.82) is 0 Å². The number of hydrogen-bond donors (Lipinski definition) is 1. The number of halogens is 3. The third kappa shape index (κ3) is 5.19. The number of nitrogens with zero attached hydrogens (tertiary/aromatic N) is 2. The predicted molar refractivity (Wildman–Crippen MR) is 113 cm³/mol. The number of rotatable bonds is 5. The van der Waals surface area contributed by atoms with E-state index in [2.05, 4.69) is 15.3 Å². The normalized spacial score (nSPS) is 11.2. The number of ether oxygens (including phenoxy) is 1. The first-order valence-corrected chi connectivity index (χ1v) is 9.50. The Morgan fingerprint density at radius 1 is 0.774 bits per heavy atom. The minimum atomic E-state index is -4.41. The highest BCUT2D eigenvalue weighted by Crippen LogP contribution is 2.32. The summed E-state index contributed by atoms with van der Waals surface area (Å²) in [5.74, 6) is 2.35. The molecule has 4 nitrogen and oxygen atoms in total. The van der Waals surface area contributed by atoms with Gasteiger partial charge in [0.1, 0.15) is 23.1 Å². The molecule has 0 fully saturated rings. The van der Waals surface area contributed by atoms with Gasteiger partial charge in [-0.1, -0.05) is 30.3 Å². The Kier molecular flexibility index (Phi) is 5.58. The number of para-hydroxylation sites is 1. The van der Waals surface area contributed by atoms with Gasteiger partial charge in [-0.2, -0.15) is 13.2 Å². The van der Waals surface area contributed by atoms with Crippen LogP contribution in [0.2, 0.25) is 0 Å². The van der Waals surface area contributed by atoms with E-state index in [-0.39, 0.29) is 0 Å². The molecule has 0 radical (unpaired) electrons. The molecule has 1 heterocycles. The lowest BCUT2D eigenvalue weighted by Crippen LogP contribution is -2.05. The maximum atomic E-state index is 13.0. The summed E-state index contributed by atoms with van der Waals surface area (Å²) in [5.41, 5.74) is 0.818. The lowest BCUT2D eigenvalue weighted by Gasteiger charge is -2.11. The van der Waals surface area contributed by atoms with Crippen LogP contribution in [0.1, 0.15) is 11.4 Å². The fourth-order valence-electron chi connectivity index (χ4n) is 3.01. The van der Waals surface area contributed by atoms with Crippen LogP contribution in [-0.2, 0) is 6.18 Å². The Labute approximate surface area is 177 Å². The Bertz CT molecular complexity index is 1180. The number of benzene rings is 3. The third-order valence-corrected chi connectivity index (χ3v) is 4.43. The Hall–Kier alpha value is -3.87. The zero-order valence-corrected chi connectivity index (χ0v) is 16.5. The van der Waals surface area contributed by atoms with Gasteiger partial charge in [-0.3, -0.25) is 0 Å². The molecule has 0 saturated heterocycles. The molecule has 31 heavy (non-hydrogen) atoms. The summed E-state index contributed by atoms with van der Waals surface area (Å²) in [6, 6.07) is 23.4. The standard InChI is InChI=1S/C24H18F3N3O/c1-16-28-22(17-6-5-7-18(14-17)24(25,26)27)15-23(29-16)30-19-10-12-21(13-11-19)31-20-8-3-2-4-9-20/h2-15H,1H3,(H,28,29,30). The van der Waals surface area contributed by atoms with Crippen molar-refractivity contribution in [2.75, 3.05) is 5.32 Å². The molecule has 0 amide bonds. The van der Waals surface area contributed by atoms with E-state index < -0.39 is 11.7 Å². The van der Waals surface area contributed by atoms with Crippen molar-refractivity contribution in [3.8, 4) is 22.8 Å². The van der Waals surface area contributed by atoms with Gasteiger partial charge in [0.05, 0.1) is 11.3 Å². The molecular formula is C24H18F3N3O. The molecule has 0 atom stereocenters. The number of alkyl halides is 3. The summed E-state index contributed by atoms with van der Waals surface area (Å²) in [7, 11) is 0. The average molecular weight is 421 g/mol. The summed E-state index contributed by atoms with van der Waals surface area (Å²) in [5, 5.41) is 3.16. The molecule has 1 N–H and O–H groups in total. The molecule has 0 aliphatic rings. The Balaban J connectivity index is 1.54. The number of aromatic nitrogens is 2. The molecule has 0 saturated carbocycles. The van der Waals surface area contributed by atoms with Gasteiger partial charge in [-0.25, -0.2) is 9.97 Å². The van der Waals surface area contributed by atoms with Crippen molar-refractivity contribution < 1.29 is 17.9 Å². The van der Waals surface area contributed by atoms with Crippen LogP contribution in [0.15, 0.2) is 84.9 Å². The summed E-state index contributed by atoms with van der Waals surface area (Å²) < 4.78 is 44.9. The van der Waals surface area contributed by atoms with Crippen LogP contribution in [0.5, 0.6) is 11.5 Å². The van der Waals surface area contributed by atoms with Crippen LogP contribution >= 0.6 is 0 Å². The second-order valence-electron chi connectivity index (χ2n) is 6.83. The fourth-order valence-corrected chi connectivity index (χ4v) is 3.01. The first-order chi connectivity index (χ1) is 14.9. The van der Waals surface area contributed by atoms with Crippen LogP contribution in [0.4, 0.5) is 24.7 Å².